The predicted octanol–water partition coefficient (Wildman–Crippen LogP) is 1.46. The zero-order valence-corrected chi connectivity index (χ0v) is 16.5. The lowest BCUT2D eigenvalue weighted by Gasteiger charge is -2.34. The highest BCUT2D eigenvalue weighted by Gasteiger charge is 2.34. The highest BCUT2D eigenvalue weighted by atomic mass is 16.5. The maximum Gasteiger partial charge on any atom is 0.308 e. The van der Waals surface area contributed by atoms with Gasteiger partial charge in [-0.1, -0.05) is 46.5 Å². The molecular formula is C19H35N3O4. The molecule has 2 N–H and O–H groups in total. The zero-order chi connectivity index (χ0) is 19.4. The maximum atomic E-state index is 12.5. The van der Waals surface area contributed by atoms with Gasteiger partial charge in [-0.15, -0.1) is 0 Å². The molecule has 0 saturated carbocycles. The van der Waals surface area contributed by atoms with Crippen molar-refractivity contribution in [3.8, 4) is 0 Å². The van der Waals surface area contributed by atoms with Crippen LogP contribution in [0.25, 0.3) is 0 Å². The van der Waals surface area contributed by atoms with Gasteiger partial charge in [0.1, 0.15) is 6.04 Å². The fourth-order valence-electron chi connectivity index (χ4n) is 2.84. The van der Waals surface area contributed by atoms with Crippen LogP contribution < -0.4 is 10.6 Å². The summed E-state index contributed by atoms with van der Waals surface area (Å²) in [5.41, 5.74) is 0. The summed E-state index contributed by atoms with van der Waals surface area (Å²) < 4.78 is 5.16. The van der Waals surface area contributed by atoms with E-state index in [1.807, 2.05) is 13.8 Å². The lowest BCUT2D eigenvalue weighted by atomic mass is 10.1. The summed E-state index contributed by atoms with van der Waals surface area (Å²) in [4.78, 5) is 38.1. The van der Waals surface area contributed by atoms with Gasteiger partial charge in [-0.05, 0) is 18.9 Å². The fourth-order valence-corrected chi connectivity index (χ4v) is 2.84. The molecule has 1 aliphatic heterocycles. The van der Waals surface area contributed by atoms with Crippen LogP contribution in [0.5, 0.6) is 0 Å². The molecule has 7 nitrogen and oxygen atoms in total. The van der Waals surface area contributed by atoms with E-state index in [0.29, 0.717) is 19.7 Å². The number of unbranched alkanes of at least 4 members (excludes halogenated alkanes) is 4. The molecule has 0 aromatic carbocycles. The van der Waals surface area contributed by atoms with Crippen LogP contribution in [0.1, 0.15) is 59.3 Å². The van der Waals surface area contributed by atoms with Crippen molar-refractivity contribution in [2.24, 2.45) is 5.92 Å². The number of amides is 2. The molecule has 1 fully saturated rings. The average Bonchev–Trinajstić information content (AvgIpc) is 2.60. The Morgan fingerprint density at radius 3 is 2.69 bits per heavy atom. The third-order valence-electron chi connectivity index (χ3n) is 4.32. The summed E-state index contributed by atoms with van der Waals surface area (Å²) in [5, 5.41) is 5.87. The molecule has 1 heterocycles. The Balaban J connectivity index is 2.41. The molecule has 1 saturated heterocycles. The van der Waals surface area contributed by atoms with E-state index >= 15 is 0 Å². The summed E-state index contributed by atoms with van der Waals surface area (Å²) in [5.74, 6) is -0.637. The number of ether oxygens (including phenoxy) is 1. The van der Waals surface area contributed by atoms with Gasteiger partial charge in [-0.3, -0.25) is 14.4 Å². The van der Waals surface area contributed by atoms with Crippen LogP contribution in [0.4, 0.5) is 0 Å². The molecular weight excluding hydrogens is 334 g/mol. The second kappa shape index (κ2) is 12.7. The van der Waals surface area contributed by atoms with E-state index in [1.165, 1.54) is 24.2 Å². The van der Waals surface area contributed by atoms with Crippen LogP contribution in [0, 0.1) is 5.92 Å². The first-order valence-corrected chi connectivity index (χ1v) is 9.89. The second-order valence-corrected chi connectivity index (χ2v) is 7.27. The summed E-state index contributed by atoms with van der Waals surface area (Å²) in [6, 6.07) is -0.776. The van der Waals surface area contributed by atoms with Crippen molar-refractivity contribution in [1.82, 2.24) is 15.5 Å². The van der Waals surface area contributed by atoms with Crippen LogP contribution in [0.3, 0.4) is 0 Å². The lowest BCUT2D eigenvalue weighted by molar-refractivity contribution is -0.152. The summed E-state index contributed by atoms with van der Waals surface area (Å²) in [6.45, 7) is 8.22. The van der Waals surface area contributed by atoms with Gasteiger partial charge in [0, 0.05) is 13.1 Å². The van der Waals surface area contributed by atoms with Gasteiger partial charge in [0.15, 0.2) is 0 Å². The van der Waals surface area contributed by atoms with Crippen LogP contribution in [0.15, 0.2) is 0 Å². The second-order valence-electron chi connectivity index (χ2n) is 7.27. The van der Waals surface area contributed by atoms with Gasteiger partial charge >= 0.3 is 5.97 Å². The van der Waals surface area contributed by atoms with Crippen molar-refractivity contribution in [3.05, 3.63) is 0 Å². The minimum atomic E-state index is -0.776. The van der Waals surface area contributed by atoms with Crippen molar-refractivity contribution in [3.63, 3.8) is 0 Å². The van der Waals surface area contributed by atoms with E-state index in [0.717, 1.165) is 19.4 Å². The largest absolute Gasteiger partial charge is 0.465 e. The van der Waals surface area contributed by atoms with Crippen LogP contribution >= 0.6 is 0 Å². The highest BCUT2D eigenvalue weighted by Crippen LogP contribution is 2.11. The molecule has 0 bridgehead atoms. The summed E-state index contributed by atoms with van der Waals surface area (Å²) in [6.07, 6.45) is 5.78. The van der Waals surface area contributed by atoms with Gasteiger partial charge in [-0.2, -0.15) is 0 Å². The molecule has 26 heavy (non-hydrogen) atoms. The summed E-state index contributed by atoms with van der Waals surface area (Å²) >= 11 is 0. The van der Waals surface area contributed by atoms with Gasteiger partial charge in [0.2, 0.25) is 11.8 Å². The predicted molar refractivity (Wildman–Crippen MR) is 101 cm³/mol. The number of piperazine rings is 1. The van der Waals surface area contributed by atoms with Gasteiger partial charge in [0.25, 0.3) is 0 Å². The van der Waals surface area contributed by atoms with Crippen molar-refractivity contribution >= 4 is 17.8 Å². The summed E-state index contributed by atoms with van der Waals surface area (Å²) in [7, 11) is 0. The number of esters is 1. The van der Waals surface area contributed by atoms with E-state index in [4.69, 9.17) is 4.74 Å². The number of carbonyl (C=O) groups is 3. The molecule has 7 heteroatoms. The Labute approximate surface area is 157 Å². The minimum absolute atomic E-state index is 0.0959. The van der Waals surface area contributed by atoms with E-state index < -0.39 is 12.0 Å². The third-order valence-corrected chi connectivity index (χ3v) is 4.32. The van der Waals surface area contributed by atoms with Crippen LogP contribution in [-0.2, 0) is 19.1 Å². The Morgan fingerprint density at radius 2 is 2.00 bits per heavy atom. The smallest absolute Gasteiger partial charge is 0.308 e. The van der Waals surface area contributed by atoms with Gasteiger partial charge in [-0.25, -0.2) is 0 Å². The third kappa shape index (κ3) is 8.65. The van der Waals surface area contributed by atoms with Crippen molar-refractivity contribution in [1.29, 1.82) is 0 Å². The first kappa shape index (κ1) is 22.4. The molecule has 0 aromatic heterocycles. The number of hydrogen-bond donors (Lipinski definition) is 2. The van der Waals surface area contributed by atoms with Gasteiger partial charge < -0.3 is 20.3 Å². The number of nitrogens with one attached hydrogen (secondary N) is 2. The van der Waals surface area contributed by atoms with Gasteiger partial charge in [0.05, 0.1) is 19.6 Å². The molecule has 150 valence electrons. The number of rotatable bonds is 12. The van der Waals surface area contributed by atoms with E-state index in [1.54, 1.807) is 0 Å². The Hall–Kier alpha value is -1.63. The molecule has 2 amide bonds. The monoisotopic (exact) mass is 369 g/mol. The van der Waals surface area contributed by atoms with E-state index in [9.17, 15) is 14.4 Å². The lowest BCUT2D eigenvalue weighted by Crippen LogP contribution is -2.59. The highest BCUT2D eigenvalue weighted by molar-refractivity contribution is 5.92. The molecule has 1 rings (SSSR count). The first-order valence-electron chi connectivity index (χ1n) is 9.89. The van der Waals surface area contributed by atoms with Crippen molar-refractivity contribution in [2.45, 2.75) is 65.3 Å². The fraction of sp³-hybridized carbons (Fsp3) is 0.842. The molecule has 1 atom stereocenters. The average molecular weight is 370 g/mol. The molecule has 0 spiro atoms. The molecule has 0 aliphatic carbocycles. The van der Waals surface area contributed by atoms with Crippen LogP contribution in [0.2, 0.25) is 0 Å². The Bertz CT molecular complexity index is 454. The molecule has 1 unspecified atom stereocenters. The molecule has 0 aromatic rings. The maximum absolute atomic E-state index is 12.5. The first-order chi connectivity index (χ1) is 12.5. The number of carbonyl (C=O) groups excluding carboxylic acids is 3. The van der Waals surface area contributed by atoms with E-state index in [-0.39, 0.29) is 30.7 Å². The number of hydrogen-bond acceptors (Lipinski definition) is 5. The number of nitrogens with zero attached hydrogens (tertiary/aromatic N) is 1. The molecule has 1 aliphatic rings. The Morgan fingerprint density at radius 1 is 1.27 bits per heavy atom. The zero-order valence-electron chi connectivity index (χ0n) is 16.5. The normalized spacial score (nSPS) is 17.3. The quantitative estimate of drug-likeness (QED) is 0.402. The SMILES string of the molecule is CCCCCCCNCC(=O)N1CCNC(=O)C1CC(=O)OCC(C)C. The van der Waals surface area contributed by atoms with Crippen LogP contribution in [-0.4, -0.2) is 61.5 Å². The Kier molecular flexibility index (Phi) is 10.9. The van der Waals surface area contributed by atoms with Crippen molar-refractivity contribution < 1.29 is 19.1 Å². The minimum Gasteiger partial charge on any atom is -0.465 e. The van der Waals surface area contributed by atoms with Crippen molar-refractivity contribution in [2.75, 3.05) is 32.8 Å². The van der Waals surface area contributed by atoms with E-state index in [2.05, 4.69) is 17.6 Å². The molecule has 0 radical (unpaired) electrons. The standard InChI is InChI=1S/C19H35N3O4/c1-4-5-6-7-8-9-20-13-17(23)22-11-10-21-19(25)16(22)12-18(24)26-14-15(2)3/h15-16,20H,4-14H2,1-3H3,(H,21,25). The topological polar surface area (TPSA) is 87.7 Å².